The molecular formula is C20H21N5O2. The van der Waals surface area contributed by atoms with Crippen LogP contribution in [0.25, 0.3) is 16.4 Å². The number of aromatic nitrogens is 4. The normalized spacial score (nSPS) is 11.2. The molecule has 2 N–H and O–H groups in total. The van der Waals surface area contributed by atoms with E-state index in [1.54, 1.807) is 11.6 Å². The Morgan fingerprint density at radius 1 is 1.04 bits per heavy atom. The highest BCUT2D eigenvalue weighted by atomic mass is 16.5. The predicted molar refractivity (Wildman–Crippen MR) is 104 cm³/mol. The fraction of sp³-hybridized carbons (Fsp3) is 0.250. The van der Waals surface area contributed by atoms with Crippen molar-refractivity contribution >= 4 is 22.2 Å². The SMILES string of the molecule is COc1ccc(Cc2nnc3c4ccccc4c(NCCCO)nn23)cc1. The molecule has 0 amide bonds. The van der Waals surface area contributed by atoms with Crippen LogP contribution >= 0.6 is 0 Å². The Balaban J connectivity index is 1.75. The first kappa shape index (κ1) is 17.2. The van der Waals surface area contributed by atoms with Gasteiger partial charge in [-0.1, -0.05) is 36.4 Å². The van der Waals surface area contributed by atoms with Crippen LogP contribution in [-0.2, 0) is 6.42 Å². The van der Waals surface area contributed by atoms with Crippen LogP contribution in [0.15, 0.2) is 48.5 Å². The van der Waals surface area contributed by atoms with E-state index in [4.69, 9.17) is 14.9 Å². The van der Waals surface area contributed by atoms with Crippen molar-refractivity contribution in [2.75, 3.05) is 25.6 Å². The number of aliphatic hydroxyl groups excluding tert-OH is 1. The number of hydrogen-bond acceptors (Lipinski definition) is 6. The maximum atomic E-state index is 9.05. The van der Waals surface area contributed by atoms with Crippen LogP contribution in [0.2, 0.25) is 0 Å². The number of ether oxygens (including phenoxy) is 1. The Kier molecular flexibility index (Phi) is 4.84. The van der Waals surface area contributed by atoms with Gasteiger partial charge in [0.25, 0.3) is 0 Å². The zero-order valence-electron chi connectivity index (χ0n) is 15.1. The van der Waals surface area contributed by atoms with Gasteiger partial charge in [-0.2, -0.15) is 4.52 Å². The summed E-state index contributed by atoms with van der Waals surface area (Å²) in [4.78, 5) is 0. The van der Waals surface area contributed by atoms with E-state index in [0.717, 1.165) is 39.4 Å². The lowest BCUT2D eigenvalue weighted by Crippen LogP contribution is -2.09. The van der Waals surface area contributed by atoms with Gasteiger partial charge in [0.05, 0.1) is 7.11 Å². The number of nitrogens with one attached hydrogen (secondary N) is 1. The number of nitrogens with zero attached hydrogens (tertiary/aromatic N) is 4. The number of methoxy groups -OCH3 is 1. The van der Waals surface area contributed by atoms with Crippen molar-refractivity contribution in [2.24, 2.45) is 0 Å². The minimum Gasteiger partial charge on any atom is -0.497 e. The Morgan fingerprint density at radius 3 is 2.56 bits per heavy atom. The molecule has 4 aromatic rings. The number of fused-ring (bicyclic) bond motifs is 3. The fourth-order valence-corrected chi connectivity index (χ4v) is 3.08. The minimum absolute atomic E-state index is 0.141. The van der Waals surface area contributed by atoms with Crippen molar-refractivity contribution in [3.8, 4) is 5.75 Å². The second-order valence-electron chi connectivity index (χ2n) is 6.27. The quantitative estimate of drug-likeness (QED) is 0.491. The molecule has 0 saturated heterocycles. The molecule has 0 fully saturated rings. The lowest BCUT2D eigenvalue weighted by atomic mass is 10.1. The topological polar surface area (TPSA) is 84.6 Å². The summed E-state index contributed by atoms with van der Waals surface area (Å²) in [6.07, 6.45) is 1.28. The van der Waals surface area contributed by atoms with Gasteiger partial charge < -0.3 is 15.2 Å². The molecule has 4 rings (SSSR count). The molecule has 0 unspecified atom stereocenters. The molecule has 7 heteroatoms. The maximum absolute atomic E-state index is 9.05. The van der Waals surface area contributed by atoms with E-state index in [-0.39, 0.29) is 6.61 Å². The Morgan fingerprint density at radius 2 is 1.81 bits per heavy atom. The van der Waals surface area contributed by atoms with E-state index >= 15 is 0 Å². The zero-order chi connectivity index (χ0) is 18.6. The predicted octanol–water partition coefficient (Wildman–Crippen LogP) is 2.67. The van der Waals surface area contributed by atoms with Crippen LogP contribution in [0.1, 0.15) is 17.8 Å². The maximum Gasteiger partial charge on any atom is 0.185 e. The summed E-state index contributed by atoms with van der Waals surface area (Å²) in [7, 11) is 1.65. The molecule has 0 radical (unpaired) electrons. The van der Waals surface area contributed by atoms with Crippen LogP contribution in [0.3, 0.4) is 0 Å². The molecule has 2 heterocycles. The summed E-state index contributed by atoms with van der Waals surface area (Å²) in [5, 5.41) is 27.8. The number of rotatable bonds is 7. The number of aliphatic hydroxyl groups is 1. The van der Waals surface area contributed by atoms with E-state index in [1.807, 2.05) is 48.5 Å². The number of anilines is 1. The van der Waals surface area contributed by atoms with Gasteiger partial charge in [-0.3, -0.25) is 0 Å². The third kappa shape index (κ3) is 3.41. The summed E-state index contributed by atoms with van der Waals surface area (Å²) < 4.78 is 7.01. The van der Waals surface area contributed by atoms with Crippen molar-refractivity contribution in [3.63, 3.8) is 0 Å². The molecule has 0 aliphatic rings. The van der Waals surface area contributed by atoms with Crippen molar-refractivity contribution in [1.29, 1.82) is 0 Å². The summed E-state index contributed by atoms with van der Waals surface area (Å²) in [5.41, 5.74) is 1.84. The monoisotopic (exact) mass is 363 g/mol. The first-order chi connectivity index (χ1) is 13.3. The third-order valence-electron chi connectivity index (χ3n) is 4.48. The second-order valence-corrected chi connectivity index (χ2v) is 6.27. The van der Waals surface area contributed by atoms with Gasteiger partial charge in [0.1, 0.15) is 5.75 Å². The first-order valence-corrected chi connectivity index (χ1v) is 8.91. The van der Waals surface area contributed by atoms with Crippen LogP contribution < -0.4 is 10.1 Å². The summed E-state index contributed by atoms with van der Waals surface area (Å²) in [5.74, 6) is 2.36. The van der Waals surface area contributed by atoms with E-state index in [2.05, 4.69) is 15.5 Å². The molecule has 0 saturated carbocycles. The van der Waals surface area contributed by atoms with Gasteiger partial charge in [0.2, 0.25) is 0 Å². The standard InChI is InChI=1S/C20H21N5O2/c1-27-15-9-7-14(8-10-15)13-18-22-23-20-17-6-3-2-5-16(17)19(24-25(18)20)21-11-4-12-26/h2-3,5-10,26H,4,11-13H2,1H3,(H,21,24). The zero-order valence-corrected chi connectivity index (χ0v) is 15.1. The molecule has 27 heavy (non-hydrogen) atoms. The van der Waals surface area contributed by atoms with Crippen LogP contribution in [-0.4, -0.2) is 45.2 Å². The van der Waals surface area contributed by atoms with Gasteiger partial charge >= 0.3 is 0 Å². The van der Waals surface area contributed by atoms with Crippen molar-refractivity contribution in [3.05, 3.63) is 59.9 Å². The average molecular weight is 363 g/mol. The molecule has 138 valence electrons. The lowest BCUT2D eigenvalue weighted by Gasteiger charge is -2.10. The summed E-state index contributed by atoms with van der Waals surface area (Å²) in [6.45, 7) is 0.789. The first-order valence-electron chi connectivity index (χ1n) is 8.91. The van der Waals surface area contributed by atoms with Crippen molar-refractivity contribution in [1.82, 2.24) is 19.8 Å². The third-order valence-corrected chi connectivity index (χ3v) is 4.48. The minimum atomic E-state index is 0.141. The molecule has 2 aromatic carbocycles. The summed E-state index contributed by atoms with van der Waals surface area (Å²) in [6, 6.07) is 15.9. The van der Waals surface area contributed by atoms with E-state index in [1.165, 1.54) is 0 Å². The molecule has 2 aromatic heterocycles. The molecule has 7 nitrogen and oxygen atoms in total. The largest absolute Gasteiger partial charge is 0.497 e. The molecule has 0 spiro atoms. The van der Waals surface area contributed by atoms with E-state index in [0.29, 0.717) is 19.4 Å². The Labute approximate surface area is 156 Å². The highest BCUT2D eigenvalue weighted by Crippen LogP contribution is 2.25. The molecule has 0 aliphatic carbocycles. The van der Waals surface area contributed by atoms with Gasteiger partial charge in [-0.05, 0) is 24.1 Å². The highest BCUT2D eigenvalue weighted by Gasteiger charge is 2.14. The Bertz CT molecular complexity index is 1060. The van der Waals surface area contributed by atoms with Gasteiger partial charge in [-0.25, -0.2) is 0 Å². The second kappa shape index (κ2) is 7.59. The number of hydrogen-bond donors (Lipinski definition) is 2. The number of benzene rings is 2. The van der Waals surface area contributed by atoms with Crippen molar-refractivity contribution < 1.29 is 9.84 Å². The Hall–Kier alpha value is -3.19. The van der Waals surface area contributed by atoms with Gasteiger partial charge in [-0.15, -0.1) is 15.3 Å². The van der Waals surface area contributed by atoms with E-state index < -0.39 is 0 Å². The van der Waals surface area contributed by atoms with Crippen LogP contribution in [0.4, 0.5) is 5.82 Å². The molecule has 0 atom stereocenters. The average Bonchev–Trinajstić information content (AvgIpc) is 3.11. The fourth-order valence-electron chi connectivity index (χ4n) is 3.08. The lowest BCUT2D eigenvalue weighted by molar-refractivity contribution is 0.292. The van der Waals surface area contributed by atoms with E-state index in [9.17, 15) is 0 Å². The van der Waals surface area contributed by atoms with Gasteiger partial charge in [0, 0.05) is 30.3 Å². The molecule has 0 bridgehead atoms. The smallest absolute Gasteiger partial charge is 0.185 e. The molecule has 0 aliphatic heterocycles. The molecular weight excluding hydrogens is 342 g/mol. The van der Waals surface area contributed by atoms with Gasteiger partial charge in [0.15, 0.2) is 17.3 Å². The highest BCUT2D eigenvalue weighted by molar-refractivity contribution is 5.99. The van der Waals surface area contributed by atoms with Crippen LogP contribution in [0.5, 0.6) is 5.75 Å². The van der Waals surface area contributed by atoms with Crippen LogP contribution in [0, 0.1) is 0 Å². The summed E-state index contributed by atoms with van der Waals surface area (Å²) >= 11 is 0. The van der Waals surface area contributed by atoms with Crippen molar-refractivity contribution in [2.45, 2.75) is 12.8 Å².